The molecule has 28 heavy (non-hydrogen) atoms. The number of benzene rings is 2. The van der Waals surface area contributed by atoms with Crippen LogP contribution in [-0.2, 0) is 9.59 Å². The molecular formula is C22H15FN2O3. The van der Waals surface area contributed by atoms with E-state index in [9.17, 15) is 19.1 Å². The second kappa shape index (κ2) is 7.08. The number of amides is 1. The van der Waals surface area contributed by atoms with Gasteiger partial charge in [0.1, 0.15) is 11.6 Å². The van der Waals surface area contributed by atoms with Crippen molar-refractivity contribution in [1.29, 1.82) is 0 Å². The van der Waals surface area contributed by atoms with Gasteiger partial charge in [0.15, 0.2) is 0 Å². The van der Waals surface area contributed by atoms with Gasteiger partial charge in [-0.2, -0.15) is 0 Å². The van der Waals surface area contributed by atoms with Crippen molar-refractivity contribution in [3.05, 3.63) is 102 Å². The molecule has 1 amide bonds. The van der Waals surface area contributed by atoms with E-state index in [1.165, 1.54) is 41.6 Å². The summed E-state index contributed by atoms with van der Waals surface area (Å²) in [5.74, 6) is -2.29. The van der Waals surface area contributed by atoms with E-state index in [1.807, 2.05) is 0 Å². The number of hydrogen-bond acceptors (Lipinski definition) is 4. The van der Waals surface area contributed by atoms with Gasteiger partial charge in [0.05, 0.1) is 11.6 Å². The summed E-state index contributed by atoms with van der Waals surface area (Å²) >= 11 is 0. The van der Waals surface area contributed by atoms with Gasteiger partial charge in [-0.1, -0.05) is 30.3 Å². The molecule has 4 rings (SSSR count). The van der Waals surface area contributed by atoms with Crippen molar-refractivity contribution >= 4 is 23.1 Å². The van der Waals surface area contributed by atoms with E-state index in [0.29, 0.717) is 16.8 Å². The number of nitrogens with zero attached hydrogens (tertiary/aromatic N) is 2. The molecule has 0 bridgehead atoms. The summed E-state index contributed by atoms with van der Waals surface area (Å²) in [6.45, 7) is 0. The highest BCUT2D eigenvalue weighted by Crippen LogP contribution is 2.41. The highest BCUT2D eigenvalue weighted by atomic mass is 19.1. The van der Waals surface area contributed by atoms with Crippen LogP contribution in [0.15, 0.2) is 84.7 Å². The highest BCUT2D eigenvalue weighted by Gasteiger charge is 2.46. The van der Waals surface area contributed by atoms with Gasteiger partial charge in [0, 0.05) is 23.6 Å². The van der Waals surface area contributed by atoms with Crippen LogP contribution in [0.5, 0.6) is 0 Å². The number of aromatic nitrogens is 1. The van der Waals surface area contributed by atoms with Gasteiger partial charge in [0.2, 0.25) is 0 Å². The first kappa shape index (κ1) is 17.6. The van der Waals surface area contributed by atoms with E-state index in [4.69, 9.17) is 0 Å². The number of aliphatic hydroxyl groups excluding tert-OH is 1. The Hall–Kier alpha value is -3.80. The Morgan fingerprint density at radius 1 is 0.929 bits per heavy atom. The van der Waals surface area contributed by atoms with Crippen molar-refractivity contribution in [2.45, 2.75) is 6.04 Å². The van der Waals surface area contributed by atoms with Crippen LogP contribution in [-0.4, -0.2) is 21.8 Å². The number of aliphatic hydroxyl groups is 1. The minimum atomic E-state index is -0.879. The molecule has 1 unspecified atom stereocenters. The molecule has 6 heteroatoms. The lowest BCUT2D eigenvalue weighted by Gasteiger charge is -2.25. The van der Waals surface area contributed by atoms with Gasteiger partial charge in [0.25, 0.3) is 11.7 Å². The van der Waals surface area contributed by atoms with Crippen molar-refractivity contribution in [1.82, 2.24) is 4.98 Å². The van der Waals surface area contributed by atoms with E-state index in [0.717, 1.165) is 0 Å². The molecule has 1 aromatic heterocycles. The predicted octanol–water partition coefficient (Wildman–Crippen LogP) is 3.85. The molecule has 0 spiro atoms. The van der Waals surface area contributed by atoms with Crippen molar-refractivity contribution < 1.29 is 19.1 Å². The molecule has 1 fully saturated rings. The molecule has 2 heterocycles. The molecule has 5 nitrogen and oxygen atoms in total. The first-order chi connectivity index (χ1) is 13.6. The van der Waals surface area contributed by atoms with Crippen LogP contribution < -0.4 is 4.90 Å². The molecule has 0 aliphatic carbocycles. The molecule has 3 aromatic rings. The van der Waals surface area contributed by atoms with Crippen LogP contribution in [0, 0.1) is 5.82 Å². The van der Waals surface area contributed by atoms with Crippen molar-refractivity contribution in [2.24, 2.45) is 0 Å². The topological polar surface area (TPSA) is 70.5 Å². The largest absolute Gasteiger partial charge is 0.507 e. The number of hydrogen-bond donors (Lipinski definition) is 1. The van der Waals surface area contributed by atoms with E-state index < -0.39 is 23.5 Å². The van der Waals surface area contributed by atoms with Crippen molar-refractivity contribution in [3.8, 4) is 0 Å². The predicted molar refractivity (Wildman–Crippen MR) is 102 cm³/mol. The number of carbonyl (C=O) groups is 2. The number of pyridine rings is 1. The third-order valence-electron chi connectivity index (χ3n) is 4.62. The van der Waals surface area contributed by atoms with E-state index in [1.54, 1.807) is 42.5 Å². The smallest absolute Gasteiger partial charge is 0.300 e. The minimum Gasteiger partial charge on any atom is -0.507 e. The number of halogens is 1. The average Bonchev–Trinajstić information content (AvgIpc) is 3.00. The SMILES string of the molecule is O=C1C(=O)N(c2ccccc2)C(c2ccc(F)cc2)/C1=C(/O)c1ccncc1. The molecule has 1 saturated heterocycles. The Bertz CT molecular complexity index is 1060. The number of para-hydroxylation sites is 1. The zero-order valence-corrected chi connectivity index (χ0v) is 14.6. The Morgan fingerprint density at radius 3 is 2.21 bits per heavy atom. The third-order valence-corrected chi connectivity index (χ3v) is 4.62. The third kappa shape index (κ3) is 2.95. The molecule has 1 aliphatic heterocycles. The number of anilines is 1. The second-order valence-electron chi connectivity index (χ2n) is 6.29. The standard InChI is InChI=1S/C22H15FN2O3/c23-16-8-6-14(7-9-16)19-18(20(26)15-10-12-24-13-11-15)21(27)22(28)25(19)17-4-2-1-3-5-17/h1-13,19,26H/b20-18-. The van der Waals surface area contributed by atoms with Gasteiger partial charge in [-0.05, 0) is 42.0 Å². The number of ketones is 1. The molecular weight excluding hydrogens is 359 g/mol. The average molecular weight is 374 g/mol. The quantitative estimate of drug-likeness (QED) is 0.430. The van der Waals surface area contributed by atoms with Gasteiger partial charge in [-0.15, -0.1) is 0 Å². The van der Waals surface area contributed by atoms with Gasteiger partial charge >= 0.3 is 0 Å². The Balaban J connectivity index is 1.95. The summed E-state index contributed by atoms with van der Waals surface area (Å²) in [5.41, 5.74) is 1.34. The van der Waals surface area contributed by atoms with E-state index in [-0.39, 0.29) is 11.3 Å². The zero-order valence-electron chi connectivity index (χ0n) is 14.6. The molecule has 0 radical (unpaired) electrons. The summed E-state index contributed by atoms with van der Waals surface area (Å²) in [6.07, 6.45) is 2.96. The molecule has 2 aromatic carbocycles. The fourth-order valence-electron chi connectivity index (χ4n) is 3.31. The van der Waals surface area contributed by atoms with Crippen molar-refractivity contribution in [2.75, 3.05) is 4.90 Å². The number of carbonyl (C=O) groups excluding carboxylic acids is 2. The first-order valence-corrected chi connectivity index (χ1v) is 8.60. The maximum atomic E-state index is 13.5. The molecule has 0 saturated carbocycles. The van der Waals surface area contributed by atoms with Crippen molar-refractivity contribution in [3.63, 3.8) is 0 Å². The summed E-state index contributed by atoms with van der Waals surface area (Å²) in [7, 11) is 0. The minimum absolute atomic E-state index is 0.0494. The monoisotopic (exact) mass is 374 g/mol. The van der Waals surface area contributed by atoms with E-state index >= 15 is 0 Å². The Labute approximate surface area is 160 Å². The Kier molecular flexibility index (Phi) is 4.45. The van der Waals surface area contributed by atoms with Crippen LogP contribution in [0.25, 0.3) is 5.76 Å². The second-order valence-corrected chi connectivity index (χ2v) is 6.29. The van der Waals surface area contributed by atoms with Crippen LogP contribution in [0.4, 0.5) is 10.1 Å². The summed E-state index contributed by atoms with van der Waals surface area (Å²) < 4.78 is 13.5. The zero-order chi connectivity index (χ0) is 19.7. The normalized spacial score (nSPS) is 18.5. The molecule has 138 valence electrons. The molecule has 1 N–H and O–H groups in total. The number of Topliss-reactive ketones (excluding diaryl/α,β-unsaturated/α-hetero) is 1. The van der Waals surface area contributed by atoms with Crippen LogP contribution in [0.2, 0.25) is 0 Å². The van der Waals surface area contributed by atoms with Gasteiger partial charge in [-0.3, -0.25) is 19.5 Å². The summed E-state index contributed by atoms with van der Waals surface area (Å²) in [4.78, 5) is 30.9. The van der Waals surface area contributed by atoms with Crippen LogP contribution in [0.1, 0.15) is 17.2 Å². The summed E-state index contributed by atoms with van der Waals surface area (Å²) in [5, 5.41) is 10.8. The lowest BCUT2D eigenvalue weighted by atomic mass is 9.95. The first-order valence-electron chi connectivity index (χ1n) is 8.60. The molecule has 1 aliphatic rings. The molecule has 1 atom stereocenters. The van der Waals surface area contributed by atoms with Gasteiger partial charge in [-0.25, -0.2) is 4.39 Å². The number of rotatable bonds is 3. The fraction of sp³-hybridized carbons (Fsp3) is 0.0455. The summed E-state index contributed by atoms with van der Waals surface area (Å²) in [6, 6.07) is 16.4. The lowest BCUT2D eigenvalue weighted by Crippen LogP contribution is -2.29. The highest BCUT2D eigenvalue weighted by molar-refractivity contribution is 6.51. The lowest BCUT2D eigenvalue weighted by molar-refractivity contribution is -0.132. The van der Waals surface area contributed by atoms with E-state index in [2.05, 4.69) is 4.98 Å². The fourth-order valence-corrected chi connectivity index (χ4v) is 3.31. The van der Waals surface area contributed by atoms with Crippen LogP contribution >= 0.6 is 0 Å². The van der Waals surface area contributed by atoms with Crippen LogP contribution in [0.3, 0.4) is 0 Å². The Morgan fingerprint density at radius 2 is 1.57 bits per heavy atom. The maximum absolute atomic E-state index is 13.5. The van der Waals surface area contributed by atoms with Gasteiger partial charge < -0.3 is 5.11 Å². The maximum Gasteiger partial charge on any atom is 0.300 e.